The van der Waals surface area contributed by atoms with Gasteiger partial charge in [0.05, 0.1) is 29.0 Å². The van der Waals surface area contributed by atoms with Crippen LogP contribution in [-0.2, 0) is 10.0 Å². The monoisotopic (exact) mass is 615 g/mol. The maximum Gasteiger partial charge on any atom is 0.268 e. The van der Waals surface area contributed by atoms with Gasteiger partial charge in [-0.3, -0.25) is 9.78 Å². The molecule has 1 aliphatic heterocycles. The number of likely N-dealkylation sites (tertiary alicyclic amines) is 1. The van der Waals surface area contributed by atoms with Crippen LogP contribution >= 0.6 is 0 Å². The third kappa shape index (κ3) is 7.80. The molecule has 2 atom stereocenters. The lowest BCUT2D eigenvalue weighted by Crippen LogP contribution is -2.38. The van der Waals surface area contributed by atoms with Gasteiger partial charge in [-0.05, 0) is 100 Å². The molecule has 9 nitrogen and oxygen atoms in total. The molecule has 2 fully saturated rings. The predicted octanol–water partition coefficient (Wildman–Crippen LogP) is 5.27. The number of nitrogens with one attached hydrogen (secondary N) is 1. The van der Waals surface area contributed by atoms with E-state index < -0.39 is 45.0 Å². The number of carbonyl (C=O) groups is 1. The van der Waals surface area contributed by atoms with E-state index in [0.717, 1.165) is 50.9 Å². The molecule has 2 heterocycles. The van der Waals surface area contributed by atoms with Crippen LogP contribution in [0.5, 0.6) is 17.2 Å². The van der Waals surface area contributed by atoms with Crippen molar-refractivity contribution in [3.8, 4) is 17.2 Å². The molecule has 1 aromatic heterocycles. The van der Waals surface area contributed by atoms with Crippen LogP contribution in [0, 0.1) is 17.6 Å². The lowest BCUT2D eigenvalue weighted by Gasteiger charge is -2.30. The number of piperidine rings is 1. The summed E-state index contributed by atoms with van der Waals surface area (Å²) in [6, 6.07) is 11.1. The van der Waals surface area contributed by atoms with Gasteiger partial charge in [0.25, 0.3) is 15.9 Å². The van der Waals surface area contributed by atoms with E-state index in [4.69, 9.17) is 14.2 Å². The molecule has 1 amide bonds. The lowest BCUT2D eigenvalue weighted by molar-refractivity contribution is 0.0976. The number of sulfonamides is 1. The highest BCUT2D eigenvalue weighted by molar-refractivity contribution is 7.90. The highest BCUT2D eigenvalue weighted by Gasteiger charge is 2.26. The Morgan fingerprint density at radius 1 is 1.05 bits per heavy atom. The molecule has 2 aromatic carbocycles. The fourth-order valence-corrected chi connectivity index (χ4v) is 5.78. The zero-order valence-electron chi connectivity index (χ0n) is 24.1. The largest absolute Gasteiger partial charge is 0.492 e. The van der Waals surface area contributed by atoms with E-state index in [0.29, 0.717) is 36.1 Å². The van der Waals surface area contributed by atoms with Crippen molar-refractivity contribution in [3.63, 3.8) is 0 Å². The summed E-state index contributed by atoms with van der Waals surface area (Å²) < 4.78 is 74.8. The molecule has 0 spiro atoms. The minimum absolute atomic E-state index is 0.00801. The quantitative estimate of drug-likeness (QED) is 0.294. The van der Waals surface area contributed by atoms with Crippen molar-refractivity contribution in [3.05, 3.63) is 77.6 Å². The van der Waals surface area contributed by atoms with Crippen LogP contribution in [0.15, 0.2) is 59.6 Å². The number of pyridine rings is 1. The molecule has 0 bridgehead atoms. The molecule has 1 aliphatic carbocycles. The molecule has 1 saturated carbocycles. The van der Waals surface area contributed by atoms with Gasteiger partial charge in [0.1, 0.15) is 23.7 Å². The Balaban J connectivity index is 1.22. The second-order valence-corrected chi connectivity index (χ2v) is 12.7. The van der Waals surface area contributed by atoms with Gasteiger partial charge in [-0.1, -0.05) is 6.92 Å². The summed E-state index contributed by atoms with van der Waals surface area (Å²) in [6.45, 7) is 4.21. The third-order valence-electron chi connectivity index (χ3n) is 7.45. The Bertz CT molecular complexity index is 1530. The number of likely N-dealkylation sites (N-methyl/N-ethyl adjacent to an activating group) is 1. The molecule has 1 N–H and O–H groups in total. The Morgan fingerprint density at radius 2 is 1.79 bits per heavy atom. The summed E-state index contributed by atoms with van der Waals surface area (Å²) in [5.74, 6) is -2.99. The van der Waals surface area contributed by atoms with Crippen molar-refractivity contribution in [1.29, 1.82) is 0 Å². The number of benzene rings is 2. The van der Waals surface area contributed by atoms with Crippen molar-refractivity contribution in [2.75, 3.05) is 26.7 Å². The van der Waals surface area contributed by atoms with E-state index in [-0.39, 0.29) is 11.0 Å². The third-order valence-corrected chi connectivity index (χ3v) is 8.80. The van der Waals surface area contributed by atoms with Gasteiger partial charge in [0.2, 0.25) is 5.82 Å². The smallest absolute Gasteiger partial charge is 0.268 e. The SMILES string of the molecule is CC[C@@H](Oc1ccc(C(=O)NS(=O)(=O)c2ccc(O[C@@H]3CCCN(C)C3)cc2)c(F)c1F)c1ccc(OCC2CC2)cn1. The van der Waals surface area contributed by atoms with Crippen molar-refractivity contribution in [2.45, 2.75) is 56.1 Å². The molecule has 3 aromatic rings. The van der Waals surface area contributed by atoms with Crippen molar-refractivity contribution < 1.29 is 36.2 Å². The van der Waals surface area contributed by atoms with Gasteiger partial charge in [0, 0.05) is 6.54 Å². The second-order valence-electron chi connectivity index (χ2n) is 11.0. The summed E-state index contributed by atoms with van der Waals surface area (Å²) in [5, 5.41) is 0. The normalized spacial score (nSPS) is 18.1. The number of ether oxygens (including phenoxy) is 3. The first-order chi connectivity index (χ1) is 20.6. The maximum atomic E-state index is 15.0. The van der Waals surface area contributed by atoms with Crippen molar-refractivity contribution in [1.82, 2.24) is 14.6 Å². The summed E-state index contributed by atoms with van der Waals surface area (Å²) in [4.78, 5) is 19.0. The Kier molecular flexibility index (Phi) is 9.46. The molecule has 5 rings (SSSR count). The van der Waals surface area contributed by atoms with E-state index in [1.165, 1.54) is 24.3 Å². The molecule has 43 heavy (non-hydrogen) atoms. The summed E-state index contributed by atoms with van der Waals surface area (Å²) in [6.07, 6.45) is 5.48. The van der Waals surface area contributed by atoms with Gasteiger partial charge in [-0.2, -0.15) is 4.39 Å². The van der Waals surface area contributed by atoms with Gasteiger partial charge in [-0.15, -0.1) is 0 Å². The molecule has 12 heteroatoms. The average molecular weight is 616 g/mol. The molecule has 0 unspecified atom stereocenters. The maximum absolute atomic E-state index is 15.0. The van der Waals surface area contributed by atoms with Crippen LogP contribution in [0.25, 0.3) is 0 Å². The van der Waals surface area contributed by atoms with E-state index in [9.17, 15) is 17.6 Å². The average Bonchev–Trinajstić information content (AvgIpc) is 3.82. The Labute approximate surface area is 250 Å². The Morgan fingerprint density at radius 3 is 2.44 bits per heavy atom. The van der Waals surface area contributed by atoms with Crippen LogP contribution in [0.3, 0.4) is 0 Å². The molecule has 0 radical (unpaired) electrons. The van der Waals surface area contributed by atoms with Crippen LogP contribution in [-0.4, -0.2) is 57.1 Å². The number of halogens is 2. The highest BCUT2D eigenvalue weighted by Crippen LogP contribution is 2.31. The zero-order valence-corrected chi connectivity index (χ0v) is 24.9. The zero-order chi connectivity index (χ0) is 30.6. The Hall–Kier alpha value is -3.77. The number of hydrogen-bond donors (Lipinski definition) is 1. The molecule has 1 saturated heterocycles. The summed E-state index contributed by atoms with van der Waals surface area (Å²) in [7, 11) is -2.37. The molecule has 2 aliphatic rings. The lowest BCUT2D eigenvalue weighted by atomic mass is 10.1. The number of aromatic nitrogens is 1. The van der Waals surface area contributed by atoms with E-state index >= 15 is 4.39 Å². The van der Waals surface area contributed by atoms with Crippen LogP contribution in [0.1, 0.15) is 61.2 Å². The fourth-order valence-electron chi connectivity index (χ4n) is 4.81. The first-order valence-corrected chi connectivity index (χ1v) is 15.9. The van der Waals surface area contributed by atoms with Crippen LogP contribution in [0.2, 0.25) is 0 Å². The standard InChI is InChI=1S/C31H35F2N3O6S/c1-3-27(26-14-10-22(17-34-26)40-19-20-6-7-20)42-28-15-13-25(29(32)30(28)33)31(37)35-43(38,39)24-11-8-21(9-12-24)41-23-5-4-16-36(2)18-23/h8-15,17,20,23,27H,3-7,16,18-19H2,1-2H3,(H,35,37)/t23-,27-/m1/s1. The van der Waals surface area contributed by atoms with Gasteiger partial charge < -0.3 is 19.1 Å². The number of amides is 1. The van der Waals surface area contributed by atoms with E-state index in [1.54, 1.807) is 30.0 Å². The highest BCUT2D eigenvalue weighted by atomic mass is 32.2. The van der Waals surface area contributed by atoms with Crippen LogP contribution in [0.4, 0.5) is 8.78 Å². The number of rotatable bonds is 12. The topological polar surface area (TPSA) is 107 Å². The predicted molar refractivity (Wildman–Crippen MR) is 155 cm³/mol. The van der Waals surface area contributed by atoms with Gasteiger partial charge in [0.15, 0.2) is 11.6 Å². The van der Waals surface area contributed by atoms with Gasteiger partial charge >= 0.3 is 0 Å². The van der Waals surface area contributed by atoms with E-state index in [1.807, 2.05) is 7.05 Å². The number of hydrogen-bond acceptors (Lipinski definition) is 8. The molecular weight excluding hydrogens is 580 g/mol. The minimum atomic E-state index is -4.38. The minimum Gasteiger partial charge on any atom is -0.492 e. The number of nitrogens with zero attached hydrogens (tertiary/aromatic N) is 2. The fraction of sp³-hybridized carbons (Fsp3) is 0.419. The van der Waals surface area contributed by atoms with Crippen molar-refractivity contribution >= 4 is 15.9 Å². The second kappa shape index (κ2) is 13.3. The summed E-state index contributed by atoms with van der Waals surface area (Å²) in [5.41, 5.74) is -0.283. The first-order valence-electron chi connectivity index (χ1n) is 14.4. The summed E-state index contributed by atoms with van der Waals surface area (Å²) >= 11 is 0. The van der Waals surface area contributed by atoms with Crippen molar-refractivity contribution in [2.24, 2.45) is 5.92 Å². The van der Waals surface area contributed by atoms with Crippen LogP contribution < -0.4 is 18.9 Å². The first kappa shape index (κ1) is 30.7. The van der Waals surface area contributed by atoms with E-state index in [2.05, 4.69) is 9.88 Å². The van der Waals surface area contributed by atoms with Gasteiger partial charge in [-0.25, -0.2) is 17.5 Å². The molecule has 230 valence electrons. The molecular formula is C31H35F2N3O6S. The number of carbonyl (C=O) groups excluding carboxylic acids is 1.